The molecule has 3 aromatic rings. The van der Waals surface area contributed by atoms with Crippen molar-refractivity contribution in [2.45, 2.75) is 33.1 Å². The summed E-state index contributed by atoms with van der Waals surface area (Å²) in [6, 6.07) is 13.4. The molecule has 5 heteroatoms. The van der Waals surface area contributed by atoms with E-state index in [1.54, 1.807) is 0 Å². The fourth-order valence-corrected chi connectivity index (χ4v) is 3.89. The van der Waals surface area contributed by atoms with E-state index in [1.807, 2.05) is 56.3 Å². The summed E-state index contributed by atoms with van der Waals surface area (Å²) in [7, 11) is 0. The predicted molar refractivity (Wildman–Crippen MR) is 109 cm³/mol. The van der Waals surface area contributed by atoms with E-state index < -0.39 is 5.97 Å². The van der Waals surface area contributed by atoms with Crippen molar-refractivity contribution >= 4 is 28.5 Å². The Kier molecular flexibility index (Phi) is 4.82. The summed E-state index contributed by atoms with van der Waals surface area (Å²) in [5, 5.41) is 3.57. The molecule has 0 unspecified atom stereocenters. The van der Waals surface area contributed by atoms with E-state index in [-0.39, 0.29) is 12.5 Å². The maximum absolute atomic E-state index is 12.9. The van der Waals surface area contributed by atoms with Gasteiger partial charge in [-0.1, -0.05) is 24.3 Å². The largest absolute Gasteiger partial charge is 0.452 e. The first-order valence-corrected chi connectivity index (χ1v) is 9.47. The van der Waals surface area contributed by atoms with Crippen LogP contribution in [0.15, 0.2) is 42.5 Å². The number of nitrogens with zero attached hydrogens (tertiary/aromatic N) is 1. The number of hydrogen-bond donors (Lipinski definition) is 1. The van der Waals surface area contributed by atoms with Crippen molar-refractivity contribution in [3.05, 3.63) is 70.4 Å². The van der Waals surface area contributed by atoms with E-state index in [2.05, 4.69) is 10.3 Å². The van der Waals surface area contributed by atoms with Crippen LogP contribution < -0.4 is 5.32 Å². The molecule has 0 radical (unpaired) electrons. The number of benzene rings is 2. The Labute approximate surface area is 163 Å². The maximum atomic E-state index is 12.9. The predicted octanol–water partition coefficient (Wildman–Crippen LogP) is 4.14. The lowest BCUT2D eigenvalue weighted by Gasteiger charge is -2.12. The van der Waals surface area contributed by atoms with Crippen molar-refractivity contribution in [3.63, 3.8) is 0 Å². The average molecular weight is 374 g/mol. The molecule has 1 aliphatic rings. The van der Waals surface area contributed by atoms with E-state index in [9.17, 15) is 9.59 Å². The Bertz CT molecular complexity index is 1070. The first-order chi connectivity index (χ1) is 13.5. The van der Waals surface area contributed by atoms with Gasteiger partial charge in [0, 0.05) is 16.8 Å². The first-order valence-electron chi connectivity index (χ1n) is 9.47. The highest BCUT2D eigenvalue weighted by molar-refractivity contribution is 6.06. The van der Waals surface area contributed by atoms with E-state index in [0.29, 0.717) is 11.3 Å². The number of ether oxygens (including phenoxy) is 1. The molecular formula is C23H22N2O3. The van der Waals surface area contributed by atoms with Crippen molar-refractivity contribution in [2.24, 2.45) is 0 Å². The lowest BCUT2D eigenvalue weighted by atomic mass is 10.0. The Morgan fingerprint density at radius 3 is 2.61 bits per heavy atom. The molecule has 4 rings (SSSR count). The van der Waals surface area contributed by atoms with Crippen molar-refractivity contribution in [3.8, 4) is 0 Å². The molecule has 0 atom stereocenters. The molecule has 0 aliphatic heterocycles. The fraction of sp³-hybridized carbons (Fsp3) is 0.261. The SMILES string of the molecule is Cc1cc(C)cc(NC(=O)COC(=O)c2c3c(nc4ccccc24)CCC3)c1. The molecular weight excluding hydrogens is 352 g/mol. The number of anilines is 1. The minimum absolute atomic E-state index is 0.322. The molecule has 1 heterocycles. The standard InChI is InChI=1S/C23H22N2O3/c1-14-10-15(2)12-16(11-14)24-21(26)13-28-23(27)22-17-6-3-4-8-19(17)25-20-9-5-7-18(20)22/h3-4,6,8,10-12H,5,7,9,13H2,1-2H3,(H,24,26). The number of hydrogen-bond acceptors (Lipinski definition) is 4. The third-order valence-corrected chi connectivity index (χ3v) is 4.96. The number of nitrogens with one attached hydrogen (secondary N) is 1. The molecule has 2 aromatic carbocycles. The Hall–Kier alpha value is -3.21. The number of rotatable bonds is 4. The van der Waals surface area contributed by atoms with Crippen molar-refractivity contribution in [1.82, 2.24) is 4.98 Å². The highest BCUT2D eigenvalue weighted by Gasteiger charge is 2.25. The van der Waals surface area contributed by atoms with Crippen LogP contribution in [-0.2, 0) is 22.4 Å². The van der Waals surface area contributed by atoms with Gasteiger partial charge in [-0.25, -0.2) is 4.79 Å². The smallest absolute Gasteiger partial charge is 0.339 e. The van der Waals surface area contributed by atoms with Gasteiger partial charge in [0.05, 0.1) is 11.1 Å². The molecule has 0 bridgehead atoms. The Morgan fingerprint density at radius 1 is 1.07 bits per heavy atom. The average Bonchev–Trinajstić information content (AvgIpc) is 3.11. The molecule has 0 saturated heterocycles. The van der Waals surface area contributed by atoms with Gasteiger partial charge in [0.1, 0.15) is 0 Å². The lowest BCUT2D eigenvalue weighted by molar-refractivity contribution is -0.119. The van der Waals surface area contributed by atoms with Crippen molar-refractivity contribution in [1.29, 1.82) is 0 Å². The number of fused-ring (bicyclic) bond motifs is 2. The zero-order chi connectivity index (χ0) is 19.7. The Balaban J connectivity index is 1.52. The molecule has 142 valence electrons. The molecule has 0 saturated carbocycles. The number of aryl methyl sites for hydroxylation is 3. The summed E-state index contributed by atoms with van der Waals surface area (Å²) in [6.07, 6.45) is 2.66. The number of pyridine rings is 1. The second-order valence-corrected chi connectivity index (χ2v) is 7.28. The van der Waals surface area contributed by atoms with Gasteiger partial charge in [-0.15, -0.1) is 0 Å². The van der Waals surface area contributed by atoms with Crippen molar-refractivity contribution < 1.29 is 14.3 Å². The number of esters is 1. The number of amides is 1. The molecule has 1 N–H and O–H groups in total. The van der Waals surface area contributed by atoms with Crippen LogP contribution in [0.3, 0.4) is 0 Å². The van der Waals surface area contributed by atoms with Gasteiger partial charge in [0.15, 0.2) is 6.61 Å². The number of carbonyl (C=O) groups excluding carboxylic acids is 2. The minimum atomic E-state index is -0.465. The van der Waals surface area contributed by atoms with Crippen LogP contribution in [-0.4, -0.2) is 23.5 Å². The fourth-order valence-electron chi connectivity index (χ4n) is 3.89. The monoisotopic (exact) mass is 374 g/mol. The summed E-state index contributed by atoms with van der Waals surface area (Å²) in [5.41, 5.74) is 6.09. The van der Waals surface area contributed by atoms with Gasteiger partial charge in [-0.05, 0) is 68.0 Å². The van der Waals surface area contributed by atoms with Crippen LogP contribution >= 0.6 is 0 Å². The second-order valence-electron chi connectivity index (χ2n) is 7.28. The van der Waals surface area contributed by atoms with Crippen LogP contribution in [0.25, 0.3) is 10.9 Å². The van der Waals surface area contributed by atoms with Gasteiger partial charge in [-0.3, -0.25) is 9.78 Å². The molecule has 28 heavy (non-hydrogen) atoms. The third kappa shape index (κ3) is 3.60. The quantitative estimate of drug-likeness (QED) is 0.697. The van der Waals surface area contributed by atoms with E-state index in [4.69, 9.17) is 4.74 Å². The van der Waals surface area contributed by atoms with E-state index in [1.165, 1.54) is 0 Å². The topological polar surface area (TPSA) is 68.3 Å². The van der Waals surface area contributed by atoms with E-state index in [0.717, 1.165) is 52.5 Å². The van der Waals surface area contributed by atoms with Crippen LogP contribution in [0.4, 0.5) is 5.69 Å². The van der Waals surface area contributed by atoms with Crippen molar-refractivity contribution in [2.75, 3.05) is 11.9 Å². The van der Waals surface area contributed by atoms with Crippen LogP contribution in [0, 0.1) is 13.8 Å². The molecule has 0 spiro atoms. The third-order valence-electron chi connectivity index (χ3n) is 4.96. The van der Waals surface area contributed by atoms with Gasteiger partial charge < -0.3 is 10.1 Å². The highest BCUT2D eigenvalue weighted by atomic mass is 16.5. The molecule has 5 nitrogen and oxygen atoms in total. The molecule has 1 amide bonds. The van der Waals surface area contributed by atoms with Crippen LogP contribution in [0.2, 0.25) is 0 Å². The normalized spacial score (nSPS) is 12.6. The first kappa shape index (κ1) is 18.2. The zero-order valence-electron chi connectivity index (χ0n) is 16.0. The lowest BCUT2D eigenvalue weighted by Crippen LogP contribution is -2.22. The van der Waals surface area contributed by atoms with Gasteiger partial charge in [0.25, 0.3) is 5.91 Å². The highest BCUT2D eigenvalue weighted by Crippen LogP contribution is 2.30. The summed E-state index contributed by atoms with van der Waals surface area (Å²) in [6.45, 7) is 3.62. The van der Waals surface area contributed by atoms with Crippen LogP contribution in [0.5, 0.6) is 0 Å². The number of para-hydroxylation sites is 1. The zero-order valence-corrected chi connectivity index (χ0v) is 16.0. The van der Waals surface area contributed by atoms with Gasteiger partial charge in [-0.2, -0.15) is 0 Å². The maximum Gasteiger partial charge on any atom is 0.339 e. The Morgan fingerprint density at radius 2 is 1.82 bits per heavy atom. The summed E-state index contributed by atoms with van der Waals surface area (Å²) in [5.74, 6) is -0.819. The molecule has 1 aromatic heterocycles. The van der Waals surface area contributed by atoms with E-state index >= 15 is 0 Å². The minimum Gasteiger partial charge on any atom is -0.452 e. The van der Waals surface area contributed by atoms with Gasteiger partial charge >= 0.3 is 5.97 Å². The summed E-state index contributed by atoms with van der Waals surface area (Å²) < 4.78 is 5.38. The summed E-state index contributed by atoms with van der Waals surface area (Å²) >= 11 is 0. The molecule has 1 aliphatic carbocycles. The second kappa shape index (κ2) is 7.43. The van der Waals surface area contributed by atoms with Crippen LogP contribution in [0.1, 0.15) is 39.2 Å². The number of aromatic nitrogens is 1. The number of carbonyl (C=O) groups is 2. The molecule has 0 fully saturated rings. The summed E-state index contributed by atoms with van der Waals surface area (Å²) in [4.78, 5) is 29.8. The van der Waals surface area contributed by atoms with Gasteiger partial charge in [0.2, 0.25) is 0 Å².